The lowest BCUT2D eigenvalue weighted by Gasteiger charge is -2.02. The van der Waals surface area contributed by atoms with Crippen molar-refractivity contribution in [3.63, 3.8) is 0 Å². The minimum absolute atomic E-state index is 0.589. The Bertz CT molecular complexity index is 205. The van der Waals surface area contributed by atoms with Crippen molar-refractivity contribution in [3.8, 4) is 5.75 Å². The summed E-state index contributed by atoms with van der Waals surface area (Å²) >= 11 is 0. The minimum atomic E-state index is 0.589. The monoisotopic (exact) mass is 164 g/mol. The van der Waals surface area contributed by atoms with E-state index in [0.717, 1.165) is 11.8 Å². The number of hydrogen-bond donors (Lipinski definition) is 0. The molecular weight excluding hydrogens is 152 g/mol. The molecule has 0 saturated heterocycles. The largest absolute Gasteiger partial charge is 0.541 e. The molecule has 2 radical (unpaired) electrons. The molecule has 0 amide bonds. The zero-order chi connectivity index (χ0) is 8.10. The van der Waals surface area contributed by atoms with Crippen LogP contribution in [0.4, 0.5) is 0 Å². The molecule has 0 bridgehead atoms. The van der Waals surface area contributed by atoms with E-state index in [1.807, 2.05) is 12.1 Å². The Kier molecular flexibility index (Phi) is 3.17. The van der Waals surface area contributed by atoms with Crippen LogP contribution in [0.2, 0.25) is 6.04 Å². The molecular formula is C9H12OSi. The van der Waals surface area contributed by atoms with E-state index in [1.54, 1.807) is 0 Å². The van der Waals surface area contributed by atoms with Crippen LogP contribution < -0.4 is 4.43 Å². The van der Waals surface area contributed by atoms with Crippen LogP contribution in [-0.4, -0.2) is 9.76 Å². The van der Waals surface area contributed by atoms with Gasteiger partial charge in [0, 0.05) is 0 Å². The molecule has 0 aliphatic heterocycles. The Balaban J connectivity index is 2.52. The summed E-state index contributed by atoms with van der Waals surface area (Å²) in [5.74, 6) is 0.982. The quantitative estimate of drug-likeness (QED) is 0.623. The molecule has 0 saturated carbocycles. The van der Waals surface area contributed by atoms with Crippen LogP contribution in [0.1, 0.15) is 12.5 Å². The van der Waals surface area contributed by atoms with Crippen molar-refractivity contribution in [2.75, 3.05) is 0 Å². The topological polar surface area (TPSA) is 9.23 Å². The van der Waals surface area contributed by atoms with Crippen LogP contribution >= 0.6 is 0 Å². The van der Waals surface area contributed by atoms with Gasteiger partial charge in [-0.15, -0.1) is 0 Å². The summed E-state index contributed by atoms with van der Waals surface area (Å²) < 4.78 is 5.44. The molecule has 0 aromatic heterocycles. The molecule has 0 spiro atoms. The molecule has 1 aromatic rings. The van der Waals surface area contributed by atoms with Gasteiger partial charge in [-0.2, -0.15) is 0 Å². The fourth-order valence-corrected chi connectivity index (χ4v) is 1.21. The zero-order valence-corrected chi connectivity index (χ0v) is 7.92. The van der Waals surface area contributed by atoms with Crippen molar-refractivity contribution in [2.24, 2.45) is 0 Å². The second-order valence-electron chi connectivity index (χ2n) is 2.41. The van der Waals surface area contributed by atoms with Gasteiger partial charge in [-0.3, -0.25) is 0 Å². The average Bonchev–Trinajstić information content (AvgIpc) is 2.04. The van der Waals surface area contributed by atoms with Gasteiger partial charge in [0.05, 0.1) is 0 Å². The van der Waals surface area contributed by atoms with Crippen LogP contribution in [0.25, 0.3) is 0 Å². The molecule has 2 heteroatoms. The molecule has 0 N–H and O–H groups in total. The Morgan fingerprint density at radius 1 is 1.27 bits per heavy atom. The average molecular weight is 164 g/mol. The second-order valence-corrected chi connectivity index (χ2v) is 3.61. The van der Waals surface area contributed by atoms with E-state index in [-0.39, 0.29) is 0 Å². The lowest BCUT2D eigenvalue weighted by molar-refractivity contribution is 0.593. The zero-order valence-electron chi connectivity index (χ0n) is 6.92. The molecule has 0 aliphatic rings. The molecule has 1 nitrogen and oxygen atoms in total. The molecule has 0 heterocycles. The third-order valence-corrected chi connectivity index (χ3v) is 2.02. The lowest BCUT2D eigenvalue weighted by Crippen LogP contribution is -1.98. The maximum Gasteiger partial charge on any atom is 0.310 e. The van der Waals surface area contributed by atoms with Crippen LogP contribution in [0.3, 0.4) is 0 Å². The molecule has 1 rings (SSSR count). The molecule has 0 aliphatic carbocycles. The third-order valence-electron chi connectivity index (χ3n) is 1.36. The summed E-state index contributed by atoms with van der Waals surface area (Å²) in [6.07, 6.45) is 0. The Hall–Kier alpha value is -0.763. The SMILES string of the molecule is CC[Si]Oc1ccc(C)cc1. The van der Waals surface area contributed by atoms with Gasteiger partial charge in [0.15, 0.2) is 0 Å². The van der Waals surface area contributed by atoms with Gasteiger partial charge in [-0.25, -0.2) is 0 Å². The first kappa shape index (κ1) is 8.33. The summed E-state index contributed by atoms with van der Waals surface area (Å²) in [5.41, 5.74) is 1.28. The Labute approximate surface area is 70.3 Å². The highest BCUT2D eigenvalue weighted by molar-refractivity contribution is 6.28. The first-order valence-corrected chi connectivity index (χ1v) is 4.91. The maximum atomic E-state index is 5.44. The third kappa shape index (κ3) is 2.76. The summed E-state index contributed by atoms with van der Waals surface area (Å²) in [5, 5.41) is 0. The second kappa shape index (κ2) is 4.19. The van der Waals surface area contributed by atoms with E-state index in [4.69, 9.17) is 4.43 Å². The Morgan fingerprint density at radius 3 is 2.45 bits per heavy atom. The van der Waals surface area contributed by atoms with Gasteiger partial charge >= 0.3 is 9.76 Å². The van der Waals surface area contributed by atoms with Crippen LogP contribution in [0.15, 0.2) is 24.3 Å². The molecule has 58 valence electrons. The summed E-state index contributed by atoms with van der Waals surface area (Å²) in [4.78, 5) is 0. The van der Waals surface area contributed by atoms with Gasteiger partial charge in [-0.05, 0) is 25.1 Å². The molecule has 11 heavy (non-hydrogen) atoms. The van der Waals surface area contributed by atoms with E-state index < -0.39 is 0 Å². The van der Waals surface area contributed by atoms with Gasteiger partial charge in [-0.1, -0.05) is 24.6 Å². The predicted octanol–water partition coefficient (Wildman–Crippen LogP) is 2.43. The fraction of sp³-hybridized carbons (Fsp3) is 0.333. The highest BCUT2D eigenvalue weighted by Gasteiger charge is 1.91. The summed E-state index contributed by atoms with van der Waals surface area (Å²) in [6.45, 7) is 4.19. The van der Waals surface area contributed by atoms with Crippen LogP contribution in [0.5, 0.6) is 5.75 Å². The van der Waals surface area contributed by atoms with Crippen molar-refractivity contribution in [1.29, 1.82) is 0 Å². The van der Waals surface area contributed by atoms with Crippen LogP contribution in [-0.2, 0) is 0 Å². The fourth-order valence-electron chi connectivity index (χ4n) is 0.762. The standard InChI is InChI=1S/C9H12OSi/c1-3-11-10-9-6-4-8(2)5-7-9/h4-7H,3H2,1-2H3. The minimum Gasteiger partial charge on any atom is -0.541 e. The van der Waals surface area contributed by atoms with Gasteiger partial charge in [0.1, 0.15) is 5.75 Å². The number of aryl methyl sites for hydroxylation is 1. The number of rotatable bonds is 3. The first-order valence-electron chi connectivity index (χ1n) is 3.79. The van der Waals surface area contributed by atoms with Crippen molar-refractivity contribution < 1.29 is 4.43 Å². The van der Waals surface area contributed by atoms with Crippen molar-refractivity contribution in [2.45, 2.75) is 19.9 Å². The maximum absolute atomic E-state index is 5.44. The van der Waals surface area contributed by atoms with Gasteiger partial charge < -0.3 is 4.43 Å². The normalized spacial score (nSPS) is 9.64. The molecule has 1 aromatic carbocycles. The van der Waals surface area contributed by atoms with Gasteiger partial charge in [0.2, 0.25) is 0 Å². The van der Waals surface area contributed by atoms with E-state index >= 15 is 0 Å². The van der Waals surface area contributed by atoms with E-state index in [2.05, 4.69) is 26.0 Å². The molecule has 0 unspecified atom stereocenters. The predicted molar refractivity (Wildman–Crippen MR) is 48.0 cm³/mol. The van der Waals surface area contributed by atoms with Crippen LogP contribution in [0, 0.1) is 6.92 Å². The smallest absolute Gasteiger partial charge is 0.310 e. The highest BCUT2D eigenvalue weighted by atomic mass is 28.2. The van der Waals surface area contributed by atoms with E-state index in [0.29, 0.717) is 9.76 Å². The Morgan fingerprint density at radius 2 is 1.91 bits per heavy atom. The van der Waals surface area contributed by atoms with E-state index in [1.165, 1.54) is 5.56 Å². The number of benzene rings is 1. The number of hydrogen-bond acceptors (Lipinski definition) is 1. The van der Waals surface area contributed by atoms with Crippen molar-refractivity contribution in [3.05, 3.63) is 29.8 Å². The van der Waals surface area contributed by atoms with E-state index in [9.17, 15) is 0 Å². The van der Waals surface area contributed by atoms with Crippen molar-refractivity contribution in [1.82, 2.24) is 0 Å². The van der Waals surface area contributed by atoms with Gasteiger partial charge in [0.25, 0.3) is 0 Å². The lowest BCUT2D eigenvalue weighted by atomic mass is 10.2. The molecule has 0 fully saturated rings. The summed E-state index contributed by atoms with van der Waals surface area (Å²) in [7, 11) is 0.589. The highest BCUT2D eigenvalue weighted by Crippen LogP contribution is 2.10. The first-order chi connectivity index (χ1) is 5.33. The molecule has 0 atom stereocenters. The van der Waals surface area contributed by atoms with Crippen molar-refractivity contribution >= 4 is 9.76 Å². The summed E-state index contributed by atoms with van der Waals surface area (Å²) in [6, 6.07) is 9.24.